The summed E-state index contributed by atoms with van der Waals surface area (Å²) in [6.07, 6.45) is 6.73. The van der Waals surface area contributed by atoms with Crippen LogP contribution in [-0.4, -0.2) is 63.9 Å². The lowest BCUT2D eigenvalue weighted by atomic mass is 10.0. The van der Waals surface area contributed by atoms with E-state index in [0.29, 0.717) is 17.5 Å². The smallest absolute Gasteiger partial charge is 0.230 e. The molecule has 1 unspecified atom stereocenters. The number of nitrogens with zero attached hydrogens (tertiary/aromatic N) is 3. The lowest BCUT2D eigenvalue weighted by Crippen LogP contribution is -2.45. The number of likely N-dealkylation sites (tertiary alicyclic amines) is 1. The Bertz CT molecular complexity index is 432. The highest BCUT2D eigenvalue weighted by atomic mass is 32.2. The Labute approximate surface area is 129 Å². The average Bonchev–Trinajstić information content (AvgIpc) is 2.54. The number of amides is 1. The third-order valence-electron chi connectivity index (χ3n) is 3.56. The zero-order valence-electron chi connectivity index (χ0n) is 12.1. The van der Waals surface area contributed by atoms with Crippen molar-refractivity contribution in [3.05, 3.63) is 18.5 Å². The Kier molecular flexibility index (Phi) is 6.91. The molecule has 2 rings (SSSR count). The van der Waals surface area contributed by atoms with Gasteiger partial charge in [0.05, 0.1) is 12.4 Å². The molecule has 1 aromatic heterocycles. The van der Waals surface area contributed by atoms with E-state index in [1.54, 1.807) is 18.5 Å². The first kappa shape index (κ1) is 16.2. The van der Waals surface area contributed by atoms with Crippen LogP contribution >= 0.6 is 11.8 Å². The van der Waals surface area contributed by atoms with Crippen LogP contribution in [0.25, 0.3) is 0 Å². The number of rotatable bonds is 7. The van der Waals surface area contributed by atoms with Crippen molar-refractivity contribution in [2.45, 2.75) is 30.5 Å². The molecule has 6 nitrogen and oxygen atoms in total. The van der Waals surface area contributed by atoms with Crippen molar-refractivity contribution in [2.75, 3.05) is 32.0 Å². The Morgan fingerprint density at radius 3 is 3.00 bits per heavy atom. The van der Waals surface area contributed by atoms with Crippen molar-refractivity contribution in [3.63, 3.8) is 0 Å². The van der Waals surface area contributed by atoms with Crippen molar-refractivity contribution in [2.24, 2.45) is 0 Å². The van der Waals surface area contributed by atoms with E-state index in [4.69, 9.17) is 0 Å². The number of aliphatic hydroxyl groups excluding tert-OH is 1. The van der Waals surface area contributed by atoms with Crippen LogP contribution in [0.1, 0.15) is 19.3 Å². The Morgan fingerprint density at radius 2 is 2.24 bits per heavy atom. The average molecular weight is 310 g/mol. The van der Waals surface area contributed by atoms with E-state index in [0.717, 1.165) is 19.5 Å². The number of aliphatic hydroxyl groups is 1. The molecular weight excluding hydrogens is 288 g/mol. The minimum atomic E-state index is -0.00925. The van der Waals surface area contributed by atoms with Gasteiger partial charge in [0.25, 0.3) is 0 Å². The van der Waals surface area contributed by atoms with Crippen LogP contribution in [0.3, 0.4) is 0 Å². The highest BCUT2D eigenvalue weighted by Crippen LogP contribution is 2.15. The minimum absolute atomic E-state index is 0.00925. The van der Waals surface area contributed by atoms with Crippen LogP contribution in [-0.2, 0) is 4.79 Å². The summed E-state index contributed by atoms with van der Waals surface area (Å²) in [5.41, 5.74) is 0. The van der Waals surface area contributed by atoms with Gasteiger partial charge in [0.15, 0.2) is 5.16 Å². The number of piperidine rings is 1. The molecule has 1 fully saturated rings. The van der Waals surface area contributed by atoms with Crippen LogP contribution in [0.15, 0.2) is 23.6 Å². The number of thioether (sulfide) groups is 1. The van der Waals surface area contributed by atoms with Crippen LogP contribution in [0, 0.1) is 0 Å². The second-order valence-electron chi connectivity index (χ2n) is 5.04. The monoisotopic (exact) mass is 310 g/mol. The molecule has 0 spiro atoms. The van der Waals surface area contributed by atoms with Crippen molar-refractivity contribution in [1.29, 1.82) is 0 Å². The molecule has 0 radical (unpaired) electrons. The normalized spacial score (nSPS) is 19.4. The zero-order valence-corrected chi connectivity index (χ0v) is 12.9. The van der Waals surface area contributed by atoms with Gasteiger partial charge in [0, 0.05) is 31.5 Å². The molecule has 1 aliphatic rings. The zero-order chi connectivity index (χ0) is 14.9. The van der Waals surface area contributed by atoms with Gasteiger partial charge in [-0.05, 0) is 25.5 Å². The summed E-state index contributed by atoms with van der Waals surface area (Å²) in [6.45, 7) is 2.62. The SMILES string of the molecule is O=C(CSc1ncccn1)NCCN1CCCCC1CO. The molecule has 0 aliphatic carbocycles. The molecule has 2 N–H and O–H groups in total. The van der Waals surface area contributed by atoms with E-state index < -0.39 is 0 Å². The summed E-state index contributed by atoms with van der Waals surface area (Å²) in [6, 6.07) is 2.00. The minimum Gasteiger partial charge on any atom is -0.395 e. The van der Waals surface area contributed by atoms with Crippen LogP contribution in [0.2, 0.25) is 0 Å². The van der Waals surface area contributed by atoms with E-state index >= 15 is 0 Å². The third kappa shape index (κ3) is 5.61. The van der Waals surface area contributed by atoms with Gasteiger partial charge >= 0.3 is 0 Å². The van der Waals surface area contributed by atoms with Crippen LogP contribution in [0.5, 0.6) is 0 Å². The molecule has 0 saturated carbocycles. The highest BCUT2D eigenvalue weighted by molar-refractivity contribution is 7.99. The van der Waals surface area contributed by atoms with Crippen LogP contribution in [0.4, 0.5) is 0 Å². The van der Waals surface area contributed by atoms with E-state index in [1.807, 2.05) is 0 Å². The fourth-order valence-electron chi connectivity index (χ4n) is 2.44. The Morgan fingerprint density at radius 1 is 1.43 bits per heavy atom. The highest BCUT2D eigenvalue weighted by Gasteiger charge is 2.20. The van der Waals surface area contributed by atoms with Crippen LogP contribution < -0.4 is 5.32 Å². The van der Waals surface area contributed by atoms with E-state index in [1.165, 1.54) is 24.6 Å². The number of carbonyl (C=O) groups is 1. The number of aromatic nitrogens is 2. The molecule has 21 heavy (non-hydrogen) atoms. The second-order valence-corrected chi connectivity index (χ2v) is 5.98. The maximum Gasteiger partial charge on any atom is 0.230 e. The van der Waals surface area contributed by atoms with Gasteiger partial charge in [0.1, 0.15) is 0 Å². The van der Waals surface area contributed by atoms with Gasteiger partial charge in [-0.25, -0.2) is 9.97 Å². The van der Waals surface area contributed by atoms with Gasteiger partial charge in [0.2, 0.25) is 5.91 Å². The summed E-state index contributed by atoms with van der Waals surface area (Å²) < 4.78 is 0. The van der Waals surface area contributed by atoms with E-state index in [9.17, 15) is 9.90 Å². The summed E-state index contributed by atoms with van der Waals surface area (Å²) in [4.78, 5) is 22.1. The molecule has 7 heteroatoms. The largest absolute Gasteiger partial charge is 0.395 e. The molecule has 2 heterocycles. The molecule has 1 saturated heterocycles. The fraction of sp³-hybridized carbons (Fsp3) is 0.643. The first-order valence-electron chi connectivity index (χ1n) is 7.31. The Hall–Kier alpha value is -1.18. The predicted molar refractivity (Wildman–Crippen MR) is 82.1 cm³/mol. The van der Waals surface area contributed by atoms with E-state index in [-0.39, 0.29) is 18.6 Å². The van der Waals surface area contributed by atoms with Crippen molar-refractivity contribution in [3.8, 4) is 0 Å². The first-order chi connectivity index (χ1) is 10.3. The molecule has 0 aromatic carbocycles. The predicted octanol–water partition coefficient (Wildman–Crippen LogP) is 0.532. The molecule has 1 aliphatic heterocycles. The fourth-order valence-corrected chi connectivity index (χ4v) is 3.07. The number of hydrogen-bond donors (Lipinski definition) is 2. The van der Waals surface area contributed by atoms with Crippen molar-refractivity contribution in [1.82, 2.24) is 20.2 Å². The topological polar surface area (TPSA) is 78.4 Å². The van der Waals surface area contributed by atoms with Crippen molar-refractivity contribution < 1.29 is 9.90 Å². The van der Waals surface area contributed by atoms with Gasteiger partial charge in [-0.1, -0.05) is 18.2 Å². The molecule has 1 amide bonds. The number of hydrogen-bond acceptors (Lipinski definition) is 6. The van der Waals surface area contributed by atoms with Gasteiger partial charge in [-0.3, -0.25) is 9.69 Å². The van der Waals surface area contributed by atoms with Gasteiger partial charge < -0.3 is 10.4 Å². The first-order valence-corrected chi connectivity index (χ1v) is 8.29. The maximum absolute atomic E-state index is 11.8. The number of nitrogens with one attached hydrogen (secondary N) is 1. The molecule has 1 aromatic rings. The third-order valence-corrected chi connectivity index (χ3v) is 4.43. The number of carbonyl (C=O) groups excluding carboxylic acids is 1. The summed E-state index contributed by atoms with van der Waals surface area (Å²) in [5.74, 6) is 0.318. The van der Waals surface area contributed by atoms with Gasteiger partial charge in [-0.15, -0.1) is 0 Å². The molecule has 0 bridgehead atoms. The standard InChI is InChI=1S/C14H22N4O2S/c19-10-12-4-1-2-8-18(12)9-7-15-13(20)11-21-14-16-5-3-6-17-14/h3,5-6,12,19H,1-2,4,7-11H2,(H,15,20). The van der Waals surface area contributed by atoms with E-state index in [2.05, 4.69) is 20.2 Å². The van der Waals surface area contributed by atoms with Crippen molar-refractivity contribution >= 4 is 17.7 Å². The summed E-state index contributed by atoms with van der Waals surface area (Å²) in [7, 11) is 0. The summed E-state index contributed by atoms with van der Waals surface area (Å²) in [5, 5.41) is 12.9. The van der Waals surface area contributed by atoms with Gasteiger partial charge in [-0.2, -0.15) is 0 Å². The maximum atomic E-state index is 11.8. The molecule has 1 atom stereocenters. The quantitative estimate of drug-likeness (QED) is 0.565. The molecular formula is C14H22N4O2S. The Balaban J connectivity index is 1.62. The molecule has 116 valence electrons. The summed E-state index contributed by atoms with van der Waals surface area (Å²) >= 11 is 1.33. The lowest BCUT2D eigenvalue weighted by molar-refractivity contribution is -0.118. The second kappa shape index (κ2) is 8.96. The lowest BCUT2D eigenvalue weighted by Gasteiger charge is -2.34.